The van der Waals surface area contributed by atoms with Crippen LogP contribution in [0.25, 0.3) is 23.0 Å². The van der Waals surface area contributed by atoms with Crippen LogP contribution in [0.1, 0.15) is 11.3 Å². The first kappa shape index (κ1) is 21.4. The number of piperazine rings is 1. The van der Waals surface area contributed by atoms with Crippen molar-refractivity contribution in [1.82, 2.24) is 33.3 Å². The minimum atomic E-state index is -0.451. The fourth-order valence-electron chi connectivity index (χ4n) is 4.53. The van der Waals surface area contributed by atoms with Crippen LogP contribution in [0.2, 0.25) is 0 Å². The second-order valence-electron chi connectivity index (χ2n) is 8.65. The molecule has 0 unspecified atom stereocenters. The number of imidazole rings is 2. The normalized spacial score (nSPS) is 15.9. The molecule has 1 fully saturated rings. The topological polar surface area (TPSA) is 83.6 Å². The minimum absolute atomic E-state index is 0.407. The van der Waals surface area contributed by atoms with Crippen LogP contribution in [0.5, 0.6) is 0 Å². The molecule has 4 aromatic rings. The van der Waals surface area contributed by atoms with E-state index in [0.717, 1.165) is 51.5 Å². The van der Waals surface area contributed by atoms with Crippen molar-refractivity contribution in [3.63, 3.8) is 0 Å². The van der Waals surface area contributed by atoms with Gasteiger partial charge >= 0.3 is 5.69 Å². The summed E-state index contributed by atoms with van der Waals surface area (Å²) < 4.78 is 5.30. The van der Waals surface area contributed by atoms with E-state index in [1.54, 1.807) is 11.4 Å². The van der Waals surface area contributed by atoms with Crippen LogP contribution in [0.4, 0.5) is 0 Å². The number of H-pyrrole nitrogens is 1. The molecule has 1 saturated heterocycles. The highest BCUT2D eigenvalue weighted by molar-refractivity contribution is 5.75. The molecule has 0 bridgehead atoms. The standard InChI is InChI=1S/C24H29N7O2/c1-18-17-31-20-21(27(2)24(33)26-22(20)32)25-23(31)30(18)16-15-29-13-11-28(12-14-29)10-6-9-19-7-4-3-5-8-19/h3-9,17H,10-16H2,1-2H3,(H,26,32,33)/b9-6+. The molecule has 0 saturated carbocycles. The van der Waals surface area contributed by atoms with Gasteiger partial charge in [-0.25, -0.2) is 4.79 Å². The minimum Gasteiger partial charge on any atom is -0.313 e. The predicted octanol–water partition coefficient (Wildman–Crippen LogP) is 1.32. The van der Waals surface area contributed by atoms with Gasteiger partial charge in [-0.15, -0.1) is 0 Å². The van der Waals surface area contributed by atoms with Gasteiger partial charge in [0.25, 0.3) is 5.56 Å². The number of fused-ring (bicyclic) bond motifs is 3. The molecule has 1 aliphatic rings. The first-order valence-electron chi connectivity index (χ1n) is 11.3. The molecule has 1 aliphatic heterocycles. The van der Waals surface area contributed by atoms with Crippen molar-refractivity contribution in [2.45, 2.75) is 13.5 Å². The molecule has 1 N–H and O–H groups in total. The lowest BCUT2D eigenvalue weighted by atomic mass is 10.2. The highest BCUT2D eigenvalue weighted by atomic mass is 16.2. The van der Waals surface area contributed by atoms with Crippen LogP contribution in [-0.4, -0.2) is 72.6 Å². The summed E-state index contributed by atoms with van der Waals surface area (Å²) in [6.45, 7) is 8.83. The maximum atomic E-state index is 12.4. The summed E-state index contributed by atoms with van der Waals surface area (Å²) >= 11 is 0. The van der Waals surface area contributed by atoms with Gasteiger partial charge in [0.05, 0.1) is 0 Å². The summed E-state index contributed by atoms with van der Waals surface area (Å²) in [5, 5.41) is 0. The van der Waals surface area contributed by atoms with Gasteiger partial charge in [-0.1, -0.05) is 42.5 Å². The molecular weight excluding hydrogens is 418 g/mol. The molecule has 0 amide bonds. The number of aromatic amines is 1. The van der Waals surface area contributed by atoms with Gasteiger partial charge < -0.3 is 4.57 Å². The number of nitrogens with zero attached hydrogens (tertiary/aromatic N) is 6. The van der Waals surface area contributed by atoms with Gasteiger partial charge in [-0.3, -0.25) is 28.5 Å². The monoisotopic (exact) mass is 447 g/mol. The van der Waals surface area contributed by atoms with E-state index >= 15 is 0 Å². The SMILES string of the molecule is Cc1cn2c3c(=O)[nH]c(=O)n(C)c3nc2n1CCN1CCN(C/C=C/c2ccccc2)CC1. The molecule has 9 heteroatoms. The Labute approximate surface area is 191 Å². The Balaban J connectivity index is 1.22. The van der Waals surface area contributed by atoms with Gasteiger partial charge in [0.2, 0.25) is 5.78 Å². The van der Waals surface area contributed by atoms with Crippen LogP contribution in [0.3, 0.4) is 0 Å². The number of hydrogen-bond donors (Lipinski definition) is 1. The smallest absolute Gasteiger partial charge is 0.313 e. The van der Waals surface area contributed by atoms with E-state index < -0.39 is 11.2 Å². The highest BCUT2D eigenvalue weighted by Gasteiger charge is 2.19. The van der Waals surface area contributed by atoms with E-state index in [9.17, 15) is 9.59 Å². The Bertz CT molecular complexity index is 1420. The lowest BCUT2D eigenvalue weighted by Gasteiger charge is -2.34. The number of rotatable bonds is 6. The van der Waals surface area contributed by atoms with Crippen molar-refractivity contribution in [2.24, 2.45) is 7.05 Å². The number of hydrogen-bond acceptors (Lipinski definition) is 5. The van der Waals surface area contributed by atoms with Gasteiger partial charge in [0.1, 0.15) is 0 Å². The molecule has 0 atom stereocenters. The zero-order chi connectivity index (χ0) is 22.9. The van der Waals surface area contributed by atoms with E-state index in [1.165, 1.54) is 10.1 Å². The maximum absolute atomic E-state index is 12.4. The van der Waals surface area contributed by atoms with Crippen molar-refractivity contribution in [1.29, 1.82) is 0 Å². The quantitative estimate of drug-likeness (QED) is 0.482. The van der Waals surface area contributed by atoms with E-state index in [1.807, 2.05) is 19.2 Å². The van der Waals surface area contributed by atoms with E-state index in [2.05, 4.69) is 60.8 Å². The lowest BCUT2D eigenvalue weighted by molar-refractivity contribution is 0.139. The first-order valence-corrected chi connectivity index (χ1v) is 11.3. The van der Waals surface area contributed by atoms with Crippen molar-refractivity contribution >= 4 is 23.0 Å². The molecule has 172 valence electrons. The molecule has 5 rings (SSSR count). The van der Waals surface area contributed by atoms with Crippen LogP contribution in [-0.2, 0) is 13.6 Å². The molecule has 0 spiro atoms. The molecule has 33 heavy (non-hydrogen) atoms. The first-order chi connectivity index (χ1) is 16.0. The highest BCUT2D eigenvalue weighted by Crippen LogP contribution is 2.16. The average molecular weight is 448 g/mol. The predicted molar refractivity (Wildman–Crippen MR) is 130 cm³/mol. The third-order valence-electron chi connectivity index (χ3n) is 6.49. The van der Waals surface area contributed by atoms with Crippen molar-refractivity contribution < 1.29 is 0 Å². The lowest BCUT2D eigenvalue weighted by Crippen LogP contribution is -2.47. The number of aryl methyl sites for hydroxylation is 2. The van der Waals surface area contributed by atoms with Crippen LogP contribution in [0, 0.1) is 6.92 Å². The van der Waals surface area contributed by atoms with Crippen LogP contribution in [0.15, 0.2) is 52.2 Å². The Morgan fingerprint density at radius 2 is 1.76 bits per heavy atom. The summed E-state index contributed by atoms with van der Waals surface area (Å²) in [4.78, 5) is 36.3. The number of benzene rings is 1. The van der Waals surface area contributed by atoms with Gasteiger partial charge in [0, 0.05) is 64.8 Å². The van der Waals surface area contributed by atoms with Gasteiger partial charge in [-0.2, -0.15) is 4.98 Å². The zero-order valence-corrected chi connectivity index (χ0v) is 19.1. The average Bonchev–Trinajstić information content (AvgIpc) is 3.33. The molecular formula is C24H29N7O2. The second kappa shape index (κ2) is 8.84. The fourth-order valence-corrected chi connectivity index (χ4v) is 4.53. The zero-order valence-electron chi connectivity index (χ0n) is 19.1. The molecule has 1 aromatic carbocycles. The van der Waals surface area contributed by atoms with E-state index in [4.69, 9.17) is 0 Å². The van der Waals surface area contributed by atoms with Crippen molar-refractivity contribution in [3.8, 4) is 0 Å². The molecule has 3 aromatic heterocycles. The summed E-state index contributed by atoms with van der Waals surface area (Å²) in [6, 6.07) is 10.4. The summed E-state index contributed by atoms with van der Waals surface area (Å²) in [5.41, 5.74) is 2.23. The number of aromatic nitrogens is 5. The maximum Gasteiger partial charge on any atom is 0.329 e. The van der Waals surface area contributed by atoms with Crippen LogP contribution < -0.4 is 11.2 Å². The van der Waals surface area contributed by atoms with Gasteiger partial charge in [-0.05, 0) is 12.5 Å². The Morgan fingerprint density at radius 1 is 1.03 bits per heavy atom. The fraction of sp³-hybridized carbons (Fsp3) is 0.375. The molecule has 0 aliphatic carbocycles. The Kier molecular flexibility index (Phi) is 5.74. The third-order valence-corrected chi connectivity index (χ3v) is 6.49. The second-order valence-corrected chi connectivity index (χ2v) is 8.65. The Morgan fingerprint density at radius 3 is 2.52 bits per heavy atom. The summed E-state index contributed by atoms with van der Waals surface area (Å²) in [6.07, 6.45) is 6.34. The largest absolute Gasteiger partial charge is 0.329 e. The van der Waals surface area contributed by atoms with Crippen LogP contribution >= 0.6 is 0 Å². The summed E-state index contributed by atoms with van der Waals surface area (Å²) in [5.74, 6) is 0.693. The van der Waals surface area contributed by atoms with Crippen molar-refractivity contribution in [2.75, 3.05) is 39.3 Å². The molecule has 9 nitrogen and oxygen atoms in total. The third kappa shape index (κ3) is 4.17. The molecule has 4 heterocycles. The van der Waals surface area contributed by atoms with Gasteiger partial charge in [0.15, 0.2) is 11.2 Å². The summed E-state index contributed by atoms with van der Waals surface area (Å²) in [7, 11) is 1.62. The number of nitrogens with one attached hydrogen (secondary N) is 1. The molecule has 0 radical (unpaired) electrons. The van der Waals surface area contributed by atoms with Crippen molar-refractivity contribution in [3.05, 3.63) is 74.7 Å². The van der Waals surface area contributed by atoms with E-state index in [-0.39, 0.29) is 0 Å². The Hall–Kier alpha value is -3.43. The van der Waals surface area contributed by atoms with E-state index in [0.29, 0.717) is 16.9 Å².